The van der Waals surface area contributed by atoms with Crippen LogP contribution in [0.5, 0.6) is 0 Å². The van der Waals surface area contributed by atoms with E-state index in [1.807, 2.05) is 0 Å². The van der Waals surface area contributed by atoms with Gasteiger partial charge < -0.3 is 0 Å². The van der Waals surface area contributed by atoms with Gasteiger partial charge in [-0.2, -0.15) is 0 Å². The summed E-state index contributed by atoms with van der Waals surface area (Å²) >= 11 is 4.02. The van der Waals surface area contributed by atoms with Gasteiger partial charge in [0.25, 0.3) is 0 Å². The number of hydrogen-bond donors (Lipinski definition) is 0. The molecular weight excluding hydrogens is 320 g/mol. The van der Waals surface area contributed by atoms with E-state index in [-0.39, 0.29) is 0 Å². The first-order chi connectivity index (χ1) is 10.1. The van der Waals surface area contributed by atoms with Crippen molar-refractivity contribution in [1.82, 2.24) is 0 Å². The van der Waals surface area contributed by atoms with Crippen molar-refractivity contribution in [2.45, 2.75) is 50.8 Å². The maximum absolute atomic E-state index is 4.02. The summed E-state index contributed by atoms with van der Waals surface area (Å²) in [7, 11) is 0. The predicted molar refractivity (Wildman–Crippen MR) is 96.1 cm³/mol. The molecule has 0 heterocycles. The largest absolute Gasteiger partial charge is 0.0884 e. The minimum absolute atomic E-state index is 0.475. The van der Waals surface area contributed by atoms with Gasteiger partial charge in [-0.25, -0.2) is 0 Å². The molecule has 1 aliphatic carbocycles. The highest BCUT2D eigenvalue weighted by Crippen LogP contribution is 2.45. The van der Waals surface area contributed by atoms with E-state index >= 15 is 0 Å². The number of alkyl halides is 1. The molecule has 0 spiro atoms. The first-order valence-corrected chi connectivity index (χ1v) is 9.09. The van der Waals surface area contributed by atoms with E-state index in [4.69, 9.17) is 0 Å². The lowest BCUT2D eigenvalue weighted by molar-refractivity contribution is 0.136. The van der Waals surface area contributed by atoms with Crippen LogP contribution in [0.2, 0.25) is 0 Å². The lowest BCUT2D eigenvalue weighted by Gasteiger charge is -2.41. The van der Waals surface area contributed by atoms with Gasteiger partial charge in [0.15, 0.2) is 0 Å². The number of rotatable bonds is 3. The van der Waals surface area contributed by atoms with Crippen molar-refractivity contribution in [3.63, 3.8) is 0 Å². The van der Waals surface area contributed by atoms with Crippen LogP contribution in [0.25, 0.3) is 10.8 Å². The SMILES string of the molecule is CC1(C)CCCCC1C(Br)Cc1ccc2ccccc2c1. The number of benzene rings is 2. The molecule has 1 saturated carbocycles. The van der Waals surface area contributed by atoms with E-state index < -0.39 is 0 Å². The second kappa shape index (κ2) is 6.12. The third-order valence-corrected chi connectivity index (χ3v) is 6.23. The summed E-state index contributed by atoms with van der Waals surface area (Å²) in [4.78, 5) is 0.592. The summed E-state index contributed by atoms with van der Waals surface area (Å²) in [6.07, 6.45) is 6.68. The fourth-order valence-corrected chi connectivity index (χ4v) is 5.28. The summed E-state index contributed by atoms with van der Waals surface area (Å²) in [6.45, 7) is 4.90. The molecule has 0 aliphatic heterocycles. The van der Waals surface area contributed by atoms with Crippen LogP contribution < -0.4 is 0 Å². The molecule has 0 bridgehead atoms. The molecule has 0 radical (unpaired) electrons. The molecular formula is C20H25Br. The molecule has 2 unspecified atom stereocenters. The second-order valence-corrected chi connectivity index (χ2v) is 8.42. The highest BCUT2D eigenvalue weighted by atomic mass is 79.9. The molecule has 1 fully saturated rings. The van der Waals surface area contributed by atoms with Crippen LogP contribution >= 0.6 is 15.9 Å². The van der Waals surface area contributed by atoms with E-state index in [0.717, 1.165) is 12.3 Å². The van der Waals surface area contributed by atoms with E-state index in [2.05, 4.69) is 72.2 Å². The van der Waals surface area contributed by atoms with Crippen LogP contribution in [0.1, 0.15) is 45.1 Å². The highest BCUT2D eigenvalue weighted by molar-refractivity contribution is 9.09. The van der Waals surface area contributed by atoms with Gasteiger partial charge in [0.1, 0.15) is 0 Å². The fraction of sp³-hybridized carbons (Fsp3) is 0.500. The Kier molecular flexibility index (Phi) is 4.40. The summed E-state index contributed by atoms with van der Waals surface area (Å²) in [5, 5.41) is 2.70. The maximum atomic E-state index is 4.02. The van der Waals surface area contributed by atoms with Crippen LogP contribution in [-0.4, -0.2) is 4.83 Å². The van der Waals surface area contributed by atoms with Gasteiger partial charge in [0.05, 0.1) is 0 Å². The van der Waals surface area contributed by atoms with Crippen LogP contribution in [0.15, 0.2) is 42.5 Å². The van der Waals surface area contributed by atoms with Gasteiger partial charge in [-0.15, -0.1) is 0 Å². The zero-order valence-corrected chi connectivity index (χ0v) is 14.7. The number of fused-ring (bicyclic) bond motifs is 1. The van der Waals surface area contributed by atoms with E-state index in [0.29, 0.717) is 10.2 Å². The van der Waals surface area contributed by atoms with Crippen LogP contribution in [-0.2, 0) is 6.42 Å². The van der Waals surface area contributed by atoms with Crippen molar-refractivity contribution < 1.29 is 0 Å². The summed E-state index contributed by atoms with van der Waals surface area (Å²) in [5.41, 5.74) is 1.93. The average molecular weight is 345 g/mol. The Morgan fingerprint density at radius 2 is 1.86 bits per heavy atom. The molecule has 3 rings (SSSR count). The minimum atomic E-state index is 0.475. The molecule has 1 heteroatoms. The third-order valence-electron chi connectivity index (χ3n) is 5.27. The Labute approximate surface area is 137 Å². The average Bonchev–Trinajstić information content (AvgIpc) is 2.46. The van der Waals surface area contributed by atoms with E-state index in [1.165, 1.54) is 42.0 Å². The van der Waals surface area contributed by atoms with Gasteiger partial charge in [0, 0.05) is 4.83 Å². The Bertz CT molecular complexity index is 614. The Balaban J connectivity index is 1.77. The molecule has 0 saturated heterocycles. The van der Waals surface area contributed by atoms with Crippen molar-refractivity contribution in [3.8, 4) is 0 Å². The Morgan fingerprint density at radius 3 is 2.62 bits per heavy atom. The van der Waals surface area contributed by atoms with Gasteiger partial charge in [-0.05, 0) is 46.9 Å². The normalized spacial score (nSPS) is 23.1. The van der Waals surface area contributed by atoms with Gasteiger partial charge >= 0.3 is 0 Å². The van der Waals surface area contributed by atoms with E-state index in [9.17, 15) is 0 Å². The maximum Gasteiger partial charge on any atom is 0.0219 e. The van der Waals surface area contributed by atoms with Gasteiger partial charge in [-0.3, -0.25) is 0 Å². The van der Waals surface area contributed by atoms with Crippen LogP contribution in [0.4, 0.5) is 0 Å². The zero-order chi connectivity index (χ0) is 14.9. The molecule has 0 nitrogen and oxygen atoms in total. The first kappa shape index (κ1) is 15.1. The number of hydrogen-bond acceptors (Lipinski definition) is 0. The van der Waals surface area contributed by atoms with Crippen molar-refractivity contribution in [2.75, 3.05) is 0 Å². The van der Waals surface area contributed by atoms with Crippen molar-refractivity contribution in [2.24, 2.45) is 11.3 Å². The molecule has 21 heavy (non-hydrogen) atoms. The summed E-state index contributed by atoms with van der Waals surface area (Å²) in [5.74, 6) is 0.790. The number of halogens is 1. The fourth-order valence-electron chi connectivity index (χ4n) is 3.92. The van der Waals surface area contributed by atoms with Crippen molar-refractivity contribution in [3.05, 3.63) is 48.0 Å². The molecule has 1 aliphatic rings. The minimum Gasteiger partial charge on any atom is -0.0884 e. The molecule has 0 N–H and O–H groups in total. The van der Waals surface area contributed by atoms with Gasteiger partial charge in [0.2, 0.25) is 0 Å². The standard InChI is InChI=1S/C20H25Br/c1-20(2)12-6-5-9-18(20)19(21)14-15-10-11-16-7-3-4-8-17(16)13-15/h3-4,7-8,10-11,13,18-19H,5-6,9,12,14H2,1-2H3. The zero-order valence-electron chi connectivity index (χ0n) is 13.1. The lowest BCUT2D eigenvalue weighted by Crippen LogP contribution is -2.35. The lowest BCUT2D eigenvalue weighted by atomic mass is 9.67. The monoisotopic (exact) mass is 344 g/mol. The molecule has 2 atom stereocenters. The molecule has 112 valence electrons. The topological polar surface area (TPSA) is 0 Å². The quantitative estimate of drug-likeness (QED) is 0.568. The molecule has 0 aromatic heterocycles. The van der Waals surface area contributed by atoms with Crippen LogP contribution in [0, 0.1) is 11.3 Å². The second-order valence-electron chi connectivity index (χ2n) is 7.24. The molecule has 2 aromatic rings. The van der Waals surface area contributed by atoms with Crippen LogP contribution in [0.3, 0.4) is 0 Å². The third kappa shape index (κ3) is 3.34. The van der Waals surface area contributed by atoms with Gasteiger partial charge in [-0.1, -0.05) is 85.1 Å². The van der Waals surface area contributed by atoms with E-state index in [1.54, 1.807) is 0 Å². The van der Waals surface area contributed by atoms with Crippen molar-refractivity contribution in [1.29, 1.82) is 0 Å². The summed E-state index contributed by atoms with van der Waals surface area (Å²) in [6, 6.07) is 15.6. The Hall–Kier alpha value is -0.820. The first-order valence-electron chi connectivity index (χ1n) is 8.18. The summed E-state index contributed by atoms with van der Waals surface area (Å²) < 4.78 is 0. The molecule has 0 amide bonds. The predicted octanol–water partition coefficient (Wildman–Crippen LogP) is 6.36. The highest BCUT2D eigenvalue weighted by Gasteiger charge is 2.36. The molecule has 2 aromatic carbocycles. The Morgan fingerprint density at radius 1 is 1.10 bits per heavy atom. The van der Waals surface area contributed by atoms with Crippen molar-refractivity contribution >= 4 is 26.7 Å². The smallest absolute Gasteiger partial charge is 0.0219 e.